The lowest BCUT2D eigenvalue weighted by Gasteiger charge is -2.23. The minimum Gasteiger partial charge on any atom is -0.481 e. The number of carboxylic acids is 1. The van der Waals surface area contributed by atoms with E-state index >= 15 is 0 Å². The number of hydrogen-bond acceptors (Lipinski definition) is 4. The molecule has 2 aliphatic heterocycles. The Morgan fingerprint density at radius 3 is 3.00 bits per heavy atom. The maximum absolute atomic E-state index is 11.2. The fourth-order valence-corrected chi connectivity index (χ4v) is 4.20. The Kier molecular flexibility index (Phi) is 3.77. The van der Waals surface area contributed by atoms with E-state index in [1.807, 2.05) is 11.8 Å². The van der Waals surface area contributed by atoms with Gasteiger partial charge in [0.05, 0.1) is 0 Å². The van der Waals surface area contributed by atoms with Crippen LogP contribution in [-0.2, 0) is 17.8 Å². The van der Waals surface area contributed by atoms with Gasteiger partial charge in [-0.25, -0.2) is 0 Å². The molecule has 0 aliphatic carbocycles. The highest BCUT2D eigenvalue weighted by molar-refractivity contribution is 7.99. The number of aromatic nitrogens is 3. The number of rotatable bonds is 3. The summed E-state index contributed by atoms with van der Waals surface area (Å²) < 4.78 is 2.06. The van der Waals surface area contributed by atoms with Crippen molar-refractivity contribution in [3.05, 3.63) is 11.6 Å². The van der Waals surface area contributed by atoms with E-state index in [4.69, 9.17) is 0 Å². The van der Waals surface area contributed by atoms with Gasteiger partial charge in [-0.2, -0.15) is 11.8 Å². The molecule has 0 bridgehead atoms. The molecule has 6 heteroatoms. The van der Waals surface area contributed by atoms with Crippen molar-refractivity contribution in [1.29, 1.82) is 0 Å². The molecule has 0 saturated carbocycles. The lowest BCUT2D eigenvalue weighted by atomic mass is 9.98. The molecule has 2 atom stereocenters. The van der Waals surface area contributed by atoms with E-state index in [1.165, 1.54) is 24.3 Å². The summed E-state index contributed by atoms with van der Waals surface area (Å²) in [6, 6.07) is 0. The first kappa shape index (κ1) is 13.0. The van der Waals surface area contributed by atoms with Gasteiger partial charge in [0.15, 0.2) is 0 Å². The first-order valence-electron chi connectivity index (χ1n) is 6.98. The van der Waals surface area contributed by atoms with Crippen molar-refractivity contribution in [2.45, 2.75) is 44.6 Å². The standard InChI is InChI=1S/C13H19N3O2S/c17-13(18)10-4-1-5-16-11(14-15-12(10)16)7-9-3-2-6-19-8-9/h9-10H,1-8H2,(H,17,18). The number of fused-ring (bicyclic) bond motifs is 1. The summed E-state index contributed by atoms with van der Waals surface area (Å²) >= 11 is 2.02. The van der Waals surface area contributed by atoms with Gasteiger partial charge >= 0.3 is 5.97 Å². The minimum absolute atomic E-state index is 0.462. The second-order valence-electron chi connectivity index (χ2n) is 5.45. The van der Waals surface area contributed by atoms with Gasteiger partial charge in [-0.15, -0.1) is 10.2 Å². The van der Waals surface area contributed by atoms with Gasteiger partial charge in [0.2, 0.25) is 0 Å². The molecule has 0 aromatic carbocycles. The van der Waals surface area contributed by atoms with Gasteiger partial charge in [-0.05, 0) is 43.1 Å². The third kappa shape index (κ3) is 2.63. The zero-order valence-electron chi connectivity index (χ0n) is 10.9. The molecule has 5 nitrogen and oxygen atoms in total. The monoisotopic (exact) mass is 281 g/mol. The number of carboxylic acid groups (broad SMARTS) is 1. The van der Waals surface area contributed by atoms with Gasteiger partial charge in [0.25, 0.3) is 0 Å². The van der Waals surface area contributed by atoms with Crippen molar-refractivity contribution in [1.82, 2.24) is 14.8 Å². The molecule has 19 heavy (non-hydrogen) atoms. The van der Waals surface area contributed by atoms with Crippen LogP contribution >= 0.6 is 11.8 Å². The summed E-state index contributed by atoms with van der Waals surface area (Å²) in [5.74, 6) is 3.58. The summed E-state index contributed by atoms with van der Waals surface area (Å²) in [4.78, 5) is 11.2. The van der Waals surface area contributed by atoms with Crippen molar-refractivity contribution >= 4 is 17.7 Å². The second kappa shape index (κ2) is 5.53. The molecular formula is C13H19N3O2S. The van der Waals surface area contributed by atoms with Crippen molar-refractivity contribution in [2.24, 2.45) is 5.92 Å². The zero-order chi connectivity index (χ0) is 13.2. The second-order valence-corrected chi connectivity index (χ2v) is 6.60. The van der Waals surface area contributed by atoms with Crippen LogP contribution in [0, 0.1) is 5.92 Å². The van der Waals surface area contributed by atoms with Crippen LogP contribution in [0.5, 0.6) is 0 Å². The Labute approximate surface area is 116 Å². The van der Waals surface area contributed by atoms with Crippen LogP contribution in [0.25, 0.3) is 0 Å². The molecule has 104 valence electrons. The van der Waals surface area contributed by atoms with Gasteiger partial charge in [-0.1, -0.05) is 0 Å². The maximum atomic E-state index is 11.2. The fourth-order valence-electron chi connectivity index (χ4n) is 3.04. The topological polar surface area (TPSA) is 68.0 Å². The highest BCUT2D eigenvalue weighted by atomic mass is 32.2. The normalized spacial score (nSPS) is 26.9. The van der Waals surface area contributed by atoms with Gasteiger partial charge in [0.1, 0.15) is 17.6 Å². The SMILES string of the molecule is O=C(O)C1CCCn2c(CC3CCCSC3)nnc21. The fraction of sp³-hybridized carbons (Fsp3) is 0.769. The molecule has 1 N–H and O–H groups in total. The van der Waals surface area contributed by atoms with E-state index in [1.54, 1.807) is 0 Å². The predicted octanol–water partition coefficient (Wildman–Crippen LogP) is 1.93. The Morgan fingerprint density at radius 1 is 1.37 bits per heavy atom. The third-order valence-corrected chi connectivity index (χ3v) is 5.35. The Bertz CT molecular complexity index is 468. The summed E-state index contributed by atoms with van der Waals surface area (Å²) in [6.45, 7) is 0.876. The van der Waals surface area contributed by atoms with Crippen molar-refractivity contribution in [3.63, 3.8) is 0 Å². The zero-order valence-corrected chi connectivity index (χ0v) is 11.7. The number of hydrogen-bond donors (Lipinski definition) is 1. The predicted molar refractivity (Wildman–Crippen MR) is 73.4 cm³/mol. The molecule has 0 spiro atoms. The van der Waals surface area contributed by atoms with E-state index in [0.29, 0.717) is 18.2 Å². The molecule has 3 rings (SSSR count). The van der Waals surface area contributed by atoms with Crippen LogP contribution in [0.15, 0.2) is 0 Å². The Balaban J connectivity index is 1.78. The molecule has 1 aromatic rings. The summed E-state index contributed by atoms with van der Waals surface area (Å²) in [7, 11) is 0. The molecule has 1 fully saturated rings. The van der Waals surface area contributed by atoms with Crippen molar-refractivity contribution in [2.75, 3.05) is 11.5 Å². The van der Waals surface area contributed by atoms with Crippen LogP contribution in [0.1, 0.15) is 43.3 Å². The first-order chi connectivity index (χ1) is 9.25. The maximum Gasteiger partial charge on any atom is 0.314 e. The third-order valence-electron chi connectivity index (χ3n) is 4.07. The van der Waals surface area contributed by atoms with Crippen molar-refractivity contribution < 1.29 is 9.90 Å². The molecule has 2 aliphatic rings. The highest BCUT2D eigenvalue weighted by Gasteiger charge is 2.31. The quantitative estimate of drug-likeness (QED) is 0.917. The minimum atomic E-state index is -0.770. The van der Waals surface area contributed by atoms with E-state index in [2.05, 4.69) is 14.8 Å². The summed E-state index contributed by atoms with van der Waals surface area (Å²) in [5.41, 5.74) is 0. The lowest BCUT2D eigenvalue weighted by Crippen LogP contribution is -2.24. The van der Waals surface area contributed by atoms with Gasteiger partial charge < -0.3 is 9.67 Å². The Hall–Kier alpha value is -1.04. The lowest BCUT2D eigenvalue weighted by molar-refractivity contribution is -0.139. The van der Waals surface area contributed by atoms with E-state index in [-0.39, 0.29) is 0 Å². The Morgan fingerprint density at radius 2 is 2.26 bits per heavy atom. The van der Waals surface area contributed by atoms with Crippen LogP contribution in [0.4, 0.5) is 0 Å². The summed E-state index contributed by atoms with van der Waals surface area (Å²) in [6.07, 6.45) is 5.10. The highest BCUT2D eigenvalue weighted by Crippen LogP contribution is 2.29. The van der Waals surface area contributed by atoms with Crippen LogP contribution < -0.4 is 0 Å². The average molecular weight is 281 g/mol. The molecule has 0 radical (unpaired) electrons. The van der Waals surface area contributed by atoms with Gasteiger partial charge in [-0.3, -0.25) is 4.79 Å². The largest absolute Gasteiger partial charge is 0.481 e. The first-order valence-corrected chi connectivity index (χ1v) is 8.13. The number of carbonyl (C=O) groups is 1. The molecule has 1 saturated heterocycles. The molecule has 1 aromatic heterocycles. The number of nitrogens with zero attached hydrogens (tertiary/aromatic N) is 3. The molecule has 2 unspecified atom stereocenters. The van der Waals surface area contributed by atoms with Gasteiger partial charge in [0, 0.05) is 13.0 Å². The van der Waals surface area contributed by atoms with E-state index in [0.717, 1.165) is 25.2 Å². The average Bonchev–Trinajstić information content (AvgIpc) is 2.83. The smallest absolute Gasteiger partial charge is 0.314 e. The van der Waals surface area contributed by atoms with Crippen LogP contribution in [0.3, 0.4) is 0 Å². The van der Waals surface area contributed by atoms with Crippen LogP contribution in [0.2, 0.25) is 0 Å². The van der Waals surface area contributed by atoms with Crippen LogP contribution in [-0.4, -0.2) is 37.3 Å². The van der Waals surface area contributed by atoms with Crippen molar-refractivity contribution in [3.8, 4) is 0 Å². The molecule has 0 amide bonds. The molecular weight excluding hydrogens is 262 g/mol. The summed E-state index contributed by atoms with van der Waals surface area (Å²) in [5, 5.41) is 17.6. The van der Waals surface area contributed by atoms with E-state index in [9.17, 15) is 9.90 Å². The molecule has 3 heterocycles. The number of thioether (sulfide) groups is 1. The number of aliphatic carboxylic acids is 1. The van der Waals surface area contributed by atoms with E-state index < -0.39 is 11.9 Å².